The number of hydrogen-bond acceptors (Lipinski definition) is 3. The zero-order valence-electron chi connectivity index (χ0n) is 12.0. The molecule has 0 aliphatic carbocycles. The Morgan fingerprint density at radius 1 is 1.24 bits per heavy atom. The first-order valence-electron chi connectivity index (χ1n) is 6.75. The number of aryl methyl sites for hydroxylation is 1. The average molecular weight is 370 g/mol. The van der Waals surface area contributed by atoms with Crippen molar-refractivity contribution in [3.8, 4) is 5.75 Å². The molecule has 0 saturated heterocycles. The summed E-state index contributed by atoms with van der Waals surface area (Å²) in [6.45, 7) is 4.70. The second-order valence-corrected chi connectivity index (χ2v) is 6.11. The number of nitrogens with one attached hydrogen (secondary N) is 1. The lowest BCUT2D eigenvalue weighted by Gasteiger charge is -2.13. The lowest BCUT2D eigenvalue weighted by Crippen LogP contribution is -1.99. The van der Waals surface area contributed by atoms with Gasteiger partial charge >= 0.3 is 0 Å². The van der Waals surface area contributed by atoms with Crippen LogP contribution in [0.3, 0.4) is 0 Å². The quantitative estimate of drug-likeness (QED) is 0.682. The lowest BCUT2D eigenvalue weighted by atomic mass is 10.2. The van der Waals surface area contributed by atoms with Crippen LogP contribution in [0.2, 0.25) is 5.02 Å². The van der Waals surface area contributed by atoms with E-state index in [1.807, 2.05) is 37.3 Å². The molecule has 0 aromatic heterocycles. The summed E-state index contributed by atoms with van der Waals surface area (Å²) in [6.07, 6.45) is 0.955. The van der Waals surface area contributed by atoms with Gasteiger partial charge in [0.15, 0.2) is 0 Å². The molecule has 2 aromatic rings. The Morgan fingerprint density at radius 3 is 2.71 bits per heavy atom. The fourth-order valence-corrected chi connectivity index (χ4v) is 2.62. The third-order valence-electron chi connectivity index (χ3n) is 2.93. The summed E-state index contributed by atoms with van der Waals surface area (Å²) in [5.41, 5.74) is 9.34. The van der Waals surface area contributed by atoms with E-state index in [1.54, 1.807) is 0 Å². The van der Waals surface area contributed by atoms with Gasteiger partial charge in [0.05, 0.1) is 12.3 Å². The highest BCUT2D eigenvalue weighted by atomic mass is 79.9. The molecule has 2 aromatic carbocycles. The summed E-state index contributed by atoms with van der Waals surface area (Å²) < 4.78 is 6.58. The van der Waals surface area contributed by atoms with Crippen molar-refractivity contribution >= 4 is 44.6 Å². The summed E-state index contributed by atoms with van der Waals surface area (Å²) >= 11 is 9.71. The molecule has 0 heterocycles. The molecule has 3 N–H and O–H groups in total. The Kier molecular flexibility index (Phi) is 5.37. The Hall–Kier alpha value is -1.39. The molecule has 0 aliphatic heterocycles. The van der Waals surface area contributed by atoms with Gasteiger partial charge in [0, 0.05) is 33.0 Å². The maximum absolute atomic E-state index is 6.17. The molecule has 0 saturated carbocycles. The predicted octanol–water partition coefficient (Wildman–Crippen LogP) is 5.53. The predicted molar refractivity (Wildman–Crippen MR) is 93.8 cm³/mol. The van der Waals surface area contributed by atoms with E-state index in [-0.39, 0.29) is 0 Å². The van der Waals surface area contributed by atoms with Gasteiger partial charge in [-0.05, 0) is 53.0 Å². The molecule has 0 atom stereocenters. The number of anilines is 3. The maximum Gasteiger partial charge on any atom is 0.123 e. The number of nitrogens with two attached hydrogens (primary N) is 1. The summed E-state index contributed by atoms with van der Waals surface area (Å²) in [4.78, 5) is 0. The summed E-state index contributed by atoms with van der Waals surface area (Å²) in [6, 6.07) is 9.46. The van der Waals surface area contributed by atoms with Crippen molar-refractivity contribution in [3.63, 3.8) is 0 Å². The second-order valence-electron chi connectivity index (χ2n) is 4.85. The monoisotopic (exact) mass is 368 g/mol. The first-order chi connectivity index (χ1) is 9.99. The van der Waals surface area contributed by atoms with E-state index in [1.165, 1.54) is 0 Å². The Morgan fingerprint density at radius 2 is 2.00 bits per heavy atom. The van der Waals surface area contributed by atoms with E-state index in [0.29, 0.717) is 17.3 Å². The Labute approximate surface area is 138 Å². The number of hydrogen-bond donors (Lipinski definition) is 2. The molecule has 5 heteroatoms. The minimum atomic E-state index is 0.653. The van der Waals surface area contributed by atoms with Gasteiger partial charge in [-0.15, -0.1) is 0 Å². The normalized spacial score (nSPS) is 10.5. The van der Waals surface area contributed by atoms with Crippen LogP contribution >= 0.6 is 27.5 Å². The van der Waals surface area contributed by atoms with E-state index in [4.69, 9.17) is 22.1 Å². The van der Waals surface area contributed by atoms with E-state index >= 15 is 0 Å². The van der Waals surface area contributed by atoms with Crippen molar-refractivity contribution in [1.82, 2.24) is 0 Å². The molecule has 3 nitrogen and oxygen atoms in total. The number of ether oxygens (including phenoxy) is 1. The molecular weight excluding hydrogens is 352 g/mol. The fraction of sp³-hybridized carbons (Fsp3) is 0.250. The van der Waals surface area contributed by atoms with Crippen LogP contribution in [0.5, 0.6) is 5.75 Å². The summed E-state index contributed by atoms with van der Waals surface area (Å²) in [5.74, 6) is 0.758. The zero-order chi connectivity index (χ0) is 15.4. The van der Waals surface area contributed by atoms with Crippen molar-refractivity contribution in [2.24, 2.45) is 0 Å². The van der Waals surface area contributed by atoms with Crippen LogP contribution in [0.15, 0.2) is 34.8 Å². The molecule has 0 amide bonds. The summed E-state index contributed by atoms with van der Waals surface area (Å²) in [5, 5.41) is 4.02. The van der Waals surface area contributed by atoms with Crippen LogP contribution in [0, 0.1) is 6.92 Å². The van der Waals surface area contributed by atoms with Crippen molar-refractivity contribution < 1.29 is 4.74 Å². The van der Waals surface area contributed by atoms with Gasteiger partial charge in [-0.2, -0.15) is 0 Å². The molecule has 2 rings (SSSR count). The van der Waals surface area contributed by atoms with E-state index in [9.17, 15) is 0 Å². The maximum atomic E-state index is 6.17. The van der Waals surface area contributed by atoms with Gasteiger partial charge in [0.1, 0.15) is 5.75 Å². The number of nitrogen functional groups attached to an aromatic ring is 1. The highest BCUT2D eigenvalue weighted by molar-refractivity contribution is 9.10. The van der Waals surface area contributed by atoms with Crippen LogP contribution in [-0.2, 0) is 0 Å². The topological polar surface area (TPSA) is 47.3 Å². The zero-order valence-corrected chi connectivity index (χ0v) is 14.4. The Bertz CT molecular complexity index is 646. The first-order valence-corrected chi connectivity index (χ1v) is 7.92. The van der Waals surface area contributed by atoms with Crippen molar-refractivity contribution in [1.29, 1.82) is 0 Å². The summed E-state index contributed by atoms with van der Waals surface area (Å²) in [7, 11) is 0. The molecule has 0 bridgehead atoms. The third-order valence-corrected chi connectivity index (χ3v) is 3.99. The minimum Gasteiger partial charge on any atom is -0.493 e. The van der Waals surface area contributed by atoms with Crippen molar-refractivity contribution in [3.05, 3.63) is 45.4 Å². The second kappa shape index (κ2) is 7.05. The van der Waals surface area contributed by atoms with Gasteiger partial charge in [-0.3, -0.25) is 0 Å². The van der Waals surface area contributed by atoms with Crippen molar-refractivity contribution in [2.75, 3.05) is 17.7 Å². The van der Waals surface area contributed by atoms with Crippen LogP contribution in [-0.4, -0.2) is 6.61 Å². The molecule has 0 radical (unpaired) electrons. The standard InChI is InChI=1S/C16H18BrClN2O/c1-3-4-21-13-7-11(19)6-12(8-13)20-16-9-15(18)10(2)5-14(16)17/h5-9,20H,3-4,19H2,1-2H3. The van der Waals surface area contributed by atoms with Crippen LogP contribution in [0.4, 0.5) is 17.1 Å². The smallest absolute Gasteiger partial charge is 0.123 e. The van der Waals surface area contributed by atoms with Gasteiger partial charge in [-0.1, -0.05) is 18.5 Å². The van der Waals surface area contributed by atoms with Gasteiger partial charge in [0.2, 0.25) is 0 Å². The third kappa shape index (κ3) is 4.29. The Balaban J connectivity index is 2.27. The van der Waals surface area contributed by atoms with Gasteiger partial charge in [0.25, 0.3) is 0 Å². The van der Waals surface area contributed by atoms with E-state index in [0.717, 1.165) is 33.6 Å². The molecular formula is C16H18BrClN2O. The van der Waals surface area contributed by atoms with Crippen LogP contribution < -0.4 is 15.8 Å². The first kappa shape index (κ1) is 16.0. The molecule has 0 fully saturated rings. The molecule has 0 unspecified atom stereocenters. The number of halogens is 2. The lowest BCUT2D eigenvalue weighted by molar-refractivity contribution is 0.318. The van der Waals surface area contributed by atoms with Crippen molar-refractivity contribution in [2.45, 2.75) is 20.3 Å². The van der Waals surface area contributed by atoms with E-state index in [2.05, 4.69) is 28.2 Å². The highest BCUT2D eigenvalue weighted by Gasteiger charge is 2.06. The number of benzene rings is 2. The highest BCUT2D eigenvalue weighted by Crippen LogP contribution is 2.33. The van der Waals surface area contributed by atoms with Gasteiger partial charge in [-0.25, -0.2) is 0 Å². The van der Waals surface area contributed by atoms with Crippen LogP contribution in [0.1, 0.15) is 18.9 Å². The van der Waals surface area contributed by atoms with E-state index < -0.39 is 0 Å². The SMILES string of the molecule is CCCOc1cc(N)cc(Nc2cc(Cl)c(C)cc2Br)c1. The molecule has 0 aliphatic rings. The largest absolute Gasteiger partial charge is 0.493 e. The van der Waals surface area contributed by atoms with Crippen LogP contribution in [0.25, 0.3) is 0 Å². The molecule has 112 valence electrons. The average Bonchev–Trinajstić information content (AvgIpc) is 2.42. The number of rotatable bonds is 5. The van der Waals surface area contributed by atoms with Gasteiger partial charge < -0.3 is 15.8 Å². The minimum absolute atomic E-state index is 0.653. The molecule has 21 heavy (non-hydrogen) atoms. The fourth-order valence-electron chi connectivity index (χ4n) is 1.90. The molecule has 0 spiro atoms.